The van der Waals surface area contributed by atoms with Crippen LogP contribution in [-0.4, -0.2) is 30.0 Å². The summed E-state index contributed by atoms with van der Waals surface area (Å²) >= 11 is 0. The zero-order chi connectivity index (χ0) is 18.0. The second kappa shape index (κ2) is 6.80. The second-order valence-corrected chi connectivity index (χ2v) is 6.12. The number of carbonyl (C=O) groups is 2. The molecular weight excluding hydrogens is 320 g/mol. The normalized spacial score (nSPS) is 13.0. The highest BCUT2D eigenvalue weighted by Gasteiger charge is 2.28. The first-order valence-electron chi connectivity index (χ1n) is 8.04. The van der Waals surface area contributed by atoms with Gasteiger partial charge in [-0.25, -0.2) is 9.78 Å². The molecule has 1 aromatic carbocycles. The number of hydrogen-bond donors (Lipinski definition) is 2. The van der Waals surface area contributed by atoms with Crippen molar-refractivity contribution in [3.8, 4) is 11.5 Å². The zero-order valence-electron chi connectivity index (χ0n) is 14.4. The van der Waals surface area contributed by atoms with Crippen molar-refractivity contribution in [2.24, 2.45) is 0 Å². The molecule has 3 amide bonds. The van der Waals surface area contributed by atoms with Crippen molar-refractivity contribution in [1.82, 2.24) is 10.3 Å². The molecular formula is C18H20N4O3. The average molecular weight is 340 g/mol. The summed E-state index contributed by atoms with van der Waals surface area (Å²) in [6.45, 7) is 3.79. The number of nitrogens with zero attached hydrogens (tertiary/aromatic N) is 2. The van der Waals surface area contributed by atoms with Crippen molar-refractivity contribution in [3.05, 3.63) is 42.1 Å². The fourth-order valence-electron chi connectivity index (χ4n) is 2.57. The topological polar surface area (TPSA) is 83.6 Å². The van der Waals surface area contributed by atoms with E-state index < -0.39 is 0 Å². The summed E-state index contributed by atoms with van der Waals surface area (Å²) in [5, 5.41) is 5.51. The second-order valence-electron chi connectivity index (χ2n) is 6.12. The predicted molar refractivity (Wildman–Crippen MR) is 95.2 cm³/mol. The third-order valence-corrected chi connectivity index (χ3v) is 3.77. The molecule has 2 N–H and O–H groups in total. The summed E-state index contributed by atoms with van der Waals surface area (Å²) in [4.78, 5) is 29.3. The van der Waals surface area contributed by atoms with E-state index in [4.69, 9.17) is 4.74 Å². The van der Waals surface area contributed by atoms with Gasteiger partial charge in [0, 0.05) is 30.5 Å². The van der Waals surface area contributed by atoms with Gasteiger partial charge in [-0.1, -0.05) is 0 Å². The van der Waals surface area contributed by atoms with Crippen molar-refractivity contribution >= 4 is 23.4 Å². The molecule has 0 spiro atoms. The molecule has 0 saturated carbocycles. The molecule has 0 saturated heterocycles. The van der Waals surface area contributed by atoms with Gasteiger partial charge in [-0.2, -0.15) is 0 Å². The Labute approximate surface area is 146 Å². The maximum atomic E-state index is 11.8. The number of urea groups is 1. The van der Waals surface area contributed by atoms with Crippen molar-refractivity contribution in [2.45, 2.75) is 26.3 Å². The van der Waals surface area contributed by atoms with Crippen LogP contribution >= 0.6 is 0 Å². The van der Waals surface area contributed by atoms with E-state index >= 15 is 0 Å². The van der Waals surface area contributed by atoms with E-state index in [1.54, 1.807) is 43.6 Å². The smallest absolute Gasteiger partial charge is 0.319 e. The van der Waals surface area contributed by atoms with Crippen LogP contribution < -0.4 is 20.3 Å². The number of hydrogen-bond acceptors (Lipinski definition) is 4. The lowest BCUT2D eigenvalue weighted by molar-refractivity contribution is -0.117. The first-order valence-corrected chi connectivity index (χ1v) is 8.04. The molecule has 3 rings (SSSR count). The maximum Gasteiger partial charge on any atom is 0.319 e. The molecule has 1 aliphatic heterocycles. The summed E-state index contributed by atoms with van der Waals surface area (Å²) in [5.41, 5.74) is 1.45. The van der Waals surface area contributed by atoms with Gasteiger partial charge in [0.1, 0.15) is 17.3 Å². The van der Waals surface area contributed by atoms with Crippen molar-refractivity contribution < 1.29 is 14.3 Å². The van der Waals surface area contributed by atoms with Crippen LogP contribution in [0.15, 0.2) is 36.5 Å². The van der Waals surface area contributed by atoms with Gasteiger partial charge in [-0.3, -0.25) is 9.69 Å². The van der Waals surface area contributed by atoms with Crippen LogP contribution in [0.1, 0.15) is 19.4 Å². The third kappa shape index (κ3) is 3.71. The number of benzene rings is 1. The van der Waals surface area contributed by atoms with Crippen LogP contribution in [0.5, 0.6) is 11.5 Å². The Bertz CT molecular complexity index is 802. The molecule has 0 unspecified atom stereocenters. The number of likely N-dealkylation sites (N-methyl/N-ethyl adjacent to an activating group) is 1. The van der Waals surface area contributed by atoms with Gasteiger partial charge in [0.05, 0.1) is 6.42 Å². The molecule has 130 valence electrons. The van der Waals surface area contributed by atoms with E-state index in [1.807, 2.05) is 13.8 Å². The molecule has 2 aromatic rings. The summed E-state index contributed by atoms with van der Waals surface area (Å²) < 4.78 is 5.90. The molecule has 0 fully saturated rings. The Kier molecular flexibility index (Phi) is 4.56. The minimum atomic E-state index is -0.253. The van der Waals surface area contributed by atoms with E-state index in [2.05, 4.69) is 15.6 Å². The molecule has 1 aromatic heterocycles. The lowest BCUT2D eigenvalue weighted by Gasteiger charge is -2.12. The largest absolute Gasteiger partial charge is 0.457 e. The van der Waals surface area contributed by atoms with E-state index in [9.17, 15) is 9.59 Å². The van der Waals surface area contributed by atoms with Crippen LogP contribution in [0, 0.1) is 0 Å². The van der Waals surface area contributed by atoms with Gasteiger partial charge >= 0.3 is 6.03 Å². The van der Waals surface area contributed by atoms with Gasteiger partial charge in [-0.05, 0) is 44.2 Å². The molecule has 1 aliphatic rings. The zero-order valence-corrected chi connectivity index (χ0v) is 14.4. The van der Waals surface area contributed by atoms with Crippen LogP contribution in [0.2, 0.25) is 0 Å². The molecule has 7 nitrogen and oxygen atoms in total. The fourth-order valence-corrected chi connectivity index (χ4v) is 2.57. The molecule has 0 radical (unpaired) electrons. The highest BCUT2D eigenvalue weighted by atomic mass is 16.5. The van der Waals surface area contributed by atoms with Gasteiger partial charge in [0.25, 0.3) is 0 Å². The summed E-state index contributed by atoms with van der Waals surface area (Å²) in [7, 11) is 1.70. The first kappa shape index (κ1) is 16.8. The highest BCUT2D eigenvalue weighted by molar-refractivity contribution is 6.00. The number of amides is 3. The van der Waals surface area contributed by atoms with E-state index in [0.29, 0.717) is 23.0 Å². The quantitative estimate of drug-likeness (QED) is 0.896. The van der Waals surface area contributed by atoms with E-state index in [1.165, 1.54) is 4.90 Å². The lowest BCUT2D eigenvalue weighted by atomic mass is 10.2. The van der Waals surface area contributed by atoms with Crippen molar-refractivity contribution in [2.75, 3.05) is 17.3 Å². The van der Waals surface area contributed by atoms with E-state index in [0.717, 1.165) is 5.56 Å². The van der Waals surface area contributed by atoms with Crippen LogP contribution in [0.25, 0.3) is 0 Å². The number of anilines is 2. The Morgan fingerprint density at radius 2 is 1.96 bits per heavy atom. The van der Waals surface area contributed by atoms with Gasteiger partial charge < -0.3 is 15.4 Å². The van der Waals surface area contributed by atoms with Gasteiger partial charge in [0.2, 0.25) is 5.91 Å². The molecule has 0 aliphatic carbocycles. The Balaban J connectivity index is 1.71. The standard InChI is InChI=1S/C18H20N4O3/c1-11(2)20-18(24)21-12-4-6-13(7-5-12)25-15-8-9-19-17-14(15)10-16(23)22(17)3/h4-9,11H,10H2,1-3H3,(H2,20,21,24). The Morgan fingerprint density at radius 1 is 1.24 bits per heavy atom. The fraction of sp³-hybridized carbons (Fsp3) is 0.278. The molecule has 7 heteroatoms. The summed E-state index contributed by atoms with van der Waals surface area (Å²) in [6.07, 6.45) is 1.90. The Hall–Kier alpha value is -3.09. The molecule has 0 bridgehead atoms. The van der Waals surface area contributed by atoms with Crippen LogP contribution in [0.4, 0.5) is 16.3 Å². The van der Waals surface area contributed by atoms with E-state index in [-0.39, 0.29) is 24.4 Å². The van der Waals surface area contributed by atoms with Crippen LogP contribution in [0.3, 0.4) is 0 Å². The third-order valence-electron chi connectivity index (χ3n) is 3.77. The molecule has 25 heavy (non-hydrogen) atoms. The summed E-state index contributed by atoms with van der Waals surface area (Å²) in [5.74, 6) is 1.85. The average Bonchev–Trinajstić information content (AvgIpc) is 2.85. The Morgan fingerprint density at radius 3 is 2.64 bits per heavy atom. The minimum absolute atomic E-state index is 0.00531. The van der Waals surface area contributed by atoms with Crippen molar-refractivity contribution in [3.63, 3.8) is 0 Å². The number of fused-ring (bicyclic) bond motifs is 1. The number of aromatic nitrogens is 1. The van der Waals surface area contributed by atoms with Gasteiger partial charge in [0.15, 0.2) is 0 Å². The predicted octanol–water partition coefficient (Wildman–Crippen LogP) is 2.92. The first-order chi connectivity index (χ1) is 11.9. The summed E-state index contributed by atoms with van der Waals surface area (Å²) in [6, 6.07) is 8.60. The number of ether oxygens (including phenoxy) is 1. The van der Waals surface area contributed by atoms with Crippen LogP contribution in [-0.2, 0) is 11.2 Å². The molecule has 2 heterocycles. The maximum absolute atomic E-state index is 11.8. The van der Waals surface area contributed by atoms with Crippen molar-refractivity contribution in [1.29, 1.82) is 0 Å². The lowest BCUT2D eigenvalue weighted by Crippen LogP contribution is -2.34. The minimum Gasteiger partial charge on any atom is -0.457 e. The highest BCUT2D eigenvalue weighted by Crippen LogP contribution is 2.35. The number of nitrogens with one attached hydrogen (secondary N) is 2. The monoisotopic (exact) mass is 340 g/mol. The number of pyridine rings is 1. The SMILES string of the molecule is CC(C)NC(=O)Nc1ccc(Oc2ccnc3c2CC(=O)N3C)cc1. The molecule has 0 atom stereocenters. The van der Waals surface area contributed by atoms with Gasteiger partial charge in [-0.15, -0.1) is 0 Å². The number of rotatable bonds is 4. The number of carbonyl (C=O) groups excluding carboxylic acids is 2.